The molecule has 0 unspecified atom stereocenters. The Morgan fingerprint density at radius 2 is 1.55 bits per heavy atom. The summed E-state index contributed by atoms with van der Waals surface area (Å²) in [5.41, 5.74) is 0. The van der Waals surface area contributed by atoms with Gasteiger partial charge in [0, 0.05) is 5.39 Å². The van der Waals surface area contributed by atoms with Crippen molar-refractivity contribution in [3.8, 4) is 0 Å². The zero-order valence-electron chi connectivity index (χ0n) is 10.9. The molecule has 0 saturated heterocycles. The maximum absolute atomic E-state index is 11.7. The van der Waals surface area contributed by atoms with Gasteiger partial charge in [-0.15, -0.1) is 10.2 Å². The molecule has 0 fully saturated rings. The number of carbonyl (C=O) groups is 1. The van der Waals surface area contributed by atoms with Crippen molar-refractivity contribution < 1.29 is 38.2 Å². The van der Waals surface area contributed by atoms with E-state index in [9.17, 15) is 4.79 Å². The Morgan fingerprint density at radius 1 is 1.05 bits per heavy atom. The van der Waals surface area contributed by atoms with Gasteiger partial charge in [0.15, 0.2) is 0 Å². The van der Waals surface area contributed by atoms with Crippen LogP contribution < -0.4 is 23.2 Å². The molecule has 1 aromatic heterocycles. The maximum Gasteiger partial charge on any atom is 0.497 e. The lowest BCUT2D eigenvalue weighted by molar-refractivity contribution is -2.00. The van der Waals surface area contributed by atoms with Crippen molar-refractivity contribution in [3.63, 3.8) is 0 Å². The van der Waals surface area contributed by atoms with Crippen molar-refractivity contribution in [3.05, 3.63) is 42.7 Å². The molecule has 0 saturated carbocycles. The summed E-state index contributed by atoms with van der Waals surface area (Å²) < 4.78 is 35.6. The number of nitrogens with zero attached hydrogens (tertiary/aromatic N) is 2. The number of rotatable bonds is 0. The van der Waals surface area contributed by atoms with Gasteiger partial charge in [0.1, 0.15) is 12.4 Å². The molecule has 1 aromatic carbocycles. The van der Waals surface area contributed by atoms with Crippen LogP contribution in [0.2, 0.25) is 0 Å². The van der Waals surface area contributed by atoms with E-state index in [4.69, 9.17) is 18.6 Å². The Kier molecular flexibility index (Phi) is 5.37. The second-order valence-corrected chi connectivity index (χ2v) is 4.79. The highest BCUT2D eigenvalue weighted by atomic mass is 35.7. The van der Waals surface area contributed by atoms with E-state index in [0.29, 0.717) is 0 Å². The molecule has 0 atom stereocenters. The van der Waals surface area contributed by atoms with E-state index in [2.05, 4.69) is 0 Å². The Bertz CT molecular complexity index is 592. The van der Waals surface area contributed by atoms with Crippen molar-refractivity contribution in [2.45, 2.75) is 0 Å². The van der Waals surface area contributed by atoms with Gasteiger partial charge in [-0.25, -0.2) is 23.5 Å². The molecule has 0 aliphatic heterocycles. The molecule has 0 radical (unpaired) electrons. The molecular formula is C12H13ClN2O5. The predicted octanol–water partition coefficient (Wildman–Crippen LogP) is -3.10. The standard InChI is InChI=1S/C12H13N2O.ClHO4/c1-13(2)12(15)14-8-7-10-5-3-4-6-11(10)9-14;2-1(3,4)5/h3-9H,1-2H3;(H,2,3,4,5)/q+1;/p-1. The van der Waals surface area contributed by atoms with Gasteiger partial charge in [0.25, 0.3) is 0 Å². The summed E-state index contributed by atoms with van der Waals surface area (Å²) in [6.07, 6.45) is 3.63. The van der Waals surface area contributed by atoms with Gasteiger partial charge in [-0.2, -0.15) is 9.36 Å². The van der Waals surface area contributed by atoms with Gasteiger partial charge >= 0.3 is 6.03 Å². The summed E-state index contributed by atoms with van der Waals surface area (Å²) in [5.74, 6) is 0. The fourth-order valence-corrected chi connectivity index (χ4v) is 1.48. The summed E-state index contributed by atoms with van der Waals surface area (Å²) in [6.45, 7) is 0. The largest absolute Gasteiger partial charge is 0.497 e. The molecule has 0 aliphatic rings. The summed E-state index contributed by atoms with van der Waals surface area (Å²) in [4.78, 5) is 13.2. The van der Waals surface area contributed by atoms with Gasteiger partial charge in [-0.3, -0.25) is 0 Å². The number of pyridine rings is 1. The number of hydrogen-bond donors (Lipinski definition) is 0. The van der Waals surface area contributed by atoms with Crippen LogP contribution >= 0.6 is 0 Å². The van der Waals surface area contributed by atoms with Gasteiger partial charge in [0.2, 0.25) is 0 Å². The molecule has 0 spiro atoms. The van der Waals surface area contributed by atoms with Crippen molar-refractivity contribution >= 4 is 16.8 Å². The van der Waals surface area contributed by atoms with Crippen LogP contribution in [0.4, 0.5) is 4.79 Å². The summed E-state index contributed by atoms with van der Waals surface area (Å²) in [6, 6.07) is 9.87. The zero-order chi connectivity index (χ0) is 15.3. The number of halogens is 1. The monoisotopic (exact) mass is 300 g/mol. The first-order chi connectivity index (χ1) is 9.18. The number of aromatic nitrogens is 1. The van der Waals surface area contributed by atoms with Crippen LogP contribution in [0.5, 0.6) is 0 Å². The highest BCUT2D eigenvalue weighted by Gasteiger charge is 2.15. The predicted molar refractivity (Wildman–Crippen MR) is 58.6 cm³/mol. The first-order valence-electron chi connectivity index (χ1n) is 5.42. The van der Waals surface area contributed by atoms with Crippen LogP contribution in [0.25, 0.3) is 10.8 Å². The maximum atomic E-state index is 11.7. The molecule has 1 amide bonds. The SMILES string of the molecule is CN(C)C(=O)[n+]1ccc2ccccc2c1.[O-][Cl+3]([O-])([O-])[O-]. The summed E-state index contributed by atoms with van der Waals surface area (Å²) in [7, 11) is -1.46. The molecule has 0 aliphatic carbocycles. The van der Waals surface area contributed by atoms with Crippen LogP contribution in [0.15, 0.2) is 42.7 Å². The molecule has 2 rings (SSSR count). The average Bonchev–Trinajstić information content (AvgIpc) is 2.35. The molecule has 2 aromatic rings. The summed E-state index contributed by atoms with van der Waals surface area (Å²) in [5, 5.41) is 2.20. The third-order valence-electron chi connectivity index (χ3n) is 2.29. The normalized spacial score (nSPS) is 10.7. The van der Waals surface area contributed by atoms with E-state index in [1.54, 1.807) is 29.8 Å². The van der Waals surface area contributed by atoms with E-state index in [-0.39, 0.29) is 6.03 Å². The minimum atomic E-state index is -4.94. The Hall–Kier alpha value is -1.77. The Balaban J connectivity index is 0.000000347. The van der Waals surface area contributed by atoms with Gasteiger partial charge in [-0.05, 0) is 11.5 Å². The highest BCUT2D eigenvalue weighted by molar-refractivity contribution is 5.81. The van der Waals surface area contributed by atoms with E-state index >= 15 is 0 Å². The highest BCUT2D eigenvalue weighted by Crippen LogP contribution is 2.09. The van der Waals surface area contributed by atoms with E-state index in [0.717, 1.165) is 10.8 Å². The van der Waals surface area contributed by atoms with E-state index < -0.39 is 10.2 Å². The molecule has 0 N–H and O–H groups in total. The number of amides is 1. The first kappa shape index (κ1) is 16.3. The lowest BCUT2D eigenvalue weighted by Gasteiger charge is -2.17. The van der Waals surface area contributed by atoms with Crippen molar-refractivity contribution in [1.82, 2.24) is 4.90 Å². The zero-order valence-corrected chi connectivity index (χ0v) is 11.6. The molecule has 0 bridgehead atoms. The number of fused-ring (bicyclic) bond motifs is 1. The van der Waals surface area contributed by atoms with E-state index in [1.807, 2.05) is 36.5 Å². The number of hydrogen-bond acceptors (Lipinski definition) is 5. The van der Waals surface area contributed by atoms with Crippen LogP contribution in [0, 0.1) is 10.2 Å². The van der Waals surface area contributed by atoms with Crippen molar-refractivity contribution in [2.24, 2.45) is 0 Å². The van der Waals surface area contributed by atoms with Crippen LogP contribution in [0.1, 0.15) is 0 Å². The lowest BCUT2D eigenvalue weighted by atomic mass is 10.2. The Labute approximate surface area is 117 Å². The Morgan fingerprint density at radius 3 is 2.05 bits per heavy atom. The average molecular weight is 301 g/mol. The van der Waals surface area contributed by atoms with Crippen molar-refractivity contribution in [2.75, 3.05) is 14.1 Å². The molecule has 20 heavy (non-hydrogen) atoms. The third-order valence-corrected chi connectivity index (χ3v) is 2.29. The first-order valence-corrected chi connectivity index (χ1v) is 6.65. The lowest BCUT2D eigenvalue weighted by Crippen LogP contribution is -2.68. The van der Waals surface area contributed by atoms with Gasteiger partial charge in [0.05, 0.1) is 14.1 Å². The second-order valence-electron chi connectivity index (χ2n) is 4.04. The fraction of sp³-hybridized carbons (Fsp3) is 0.167. The molecular weight excluding hydrogens is 288 g/mol. The number of carbonyl (C=O) groups excluding carboxylic acids is 1. The number of benzene rings is 1. The molecule has 108 valence electrons. The van der Waals surface area contributed by atoms with Crippen molar-refractivity contribution in [1.29, 1.82) is 0 Å². The smallest absolute Gasteiger partial charge is 0.231 e. The molecule has 7 nitrogen and oxygen atoms in total. The van der Waals surface area contributed by atoms with Gasteiger partial charge in [-0.1, -0.05) is 24.3 Å². The second kappa shape index (κ2) is 6.60. The van der Waals surface area contributed by atoms with Crippen LogP contribution in [-0.2, 0) is 0 Å². The fourth-order valence-electron chi connectivity index (χ4n) is 1.48. The van der Waals surface area contributed by atoms with Crippen LogP contribution in [0.3, 0.4) is 0 Å². The quantitative estimate of drug-likeness (QED) is 0.478. The van der Waals surface area contributed by atoms with Crippen LogP contribution in [-0.4, -0.2) is 25.0 Å². The third kappa shape index (κ3) is 5.47. The van der Waals surface area contributed by atoms with E-state index in [1.165, 1.54) is 0 Å². The van der Waals surface area contributed by atoms with Gasteiger partial charge < -0.3 is 0 Å². The molecule has 8 heteroatoms. The minimum absolute atomic E-state index is 0.0410. The molecule has 1 heterocycles. The summed E-state index contributed by atoms with van der Waals surface area (Å²) >= 11 is 0. The minimum Gasteiger partial charge on any atom is -0.231 e. The topological polar surface area (TPSA) is 116 Å².